The Balaban J connectivity index is 1.57. The Kier molecular flexibility index (Phi) is 7.80. The summed E-state index contributed by atoms with van der Waals surface area (Å²) >= 11 is 18.9. The number of thioether (sulfide) groups is 1. The first-order chi connectivity index (χ1) is 16.4. The summed E-state index contributed by atoms with van der Waals surface area (Å²) in [6, 6.07) is 19.1. The van der Waals surface area contributed by atoms with Crippen LogP contribution in [0.1, 0.15) is 11.1 Å². The molecule has 1 heterocycles. The second-order valence-corrected chi connectivity index (χ2v) is 9.20. The molecular formula is C24H15Cl3N2O4S. The van der Waals surface area contributed by atoms with Gasteiger partial charge < -0.3 is 14.3 Å². The summed E-state index contributed by atoms with van der Waals surface area (Å²) in [6.07, 6.45) is 1.44. The highest BCUT2D eigenvalue weighted by molar-refractivity contribution is 8.03. The molecule has 3 aromatic carbocycles. The van der Waals surface area contributed by atoms with Gasteiger partial charge in [0.25, 0.3) is 5.22 Å². The summed E-state index contributed by atoms with van der Waals surface area (Å²) in [6.45, 7) is 0.243. The summed E-state index contributed by atoms with van der Waals surface area (Å²) in [5, 5.41) is 19.4. The predicted molar refractivity (Wildman–Crippen MR) is 133 cm³/mol. The maximum atomic E-state index is 12.0. The molecule has 0 unspecified atom stereocenters. The molecule has 4 rings (SSSR count). The number of nitrogens with zero attached hydrogens (tertiary/aromatic N) is 2. The lowest BCUT2D eigenvalue weighted by Gasteiger charge is -2.11. The molecule has 0 bridgehead atoms. The Hall–Kier alpha value is -2.97. The minimum atomic E-state index is -1.17. The van der Waals surface area contributed by atoms with Crippen molar-refractivity contribution in [3.05, 3.63) is 97.8 Å². The molecule has 0 saturated carbocycles. The number of rotatable bonds is 8. The van der Waals surface area contributed by atoms with E-state index in [1.54, 1.807) is 54.6 Å². The number of benzene rings is 3. The lowest BCUT2D eigenvalue weighted by Crippen LogP contribution is -1.99. The number of hydrogen-bond acceptors (Lipinski definition) is 6. The summed E-state index contributed by atoms with van der Waals surface area (Å²) < 4.78 is 11.5. The van der Waals surface area contributed by atoms with E-state index in [9.17, 15) is 9.90 Å². The van der Waals surface area contributed by atoms with E-state index in [4.69, 9.17) is 44.0 Å². The molecule has 0 saturated heterocycles. The number of ether oxygens (including phenoxy) is 1. The maximum Gasteiger partial charge on any atom is 0.342 e. The van der Waals surface area contributed by atoms with Crippen LogP contribution in [0.25, 0.3) is 17.5 Å². The molecule has 0 amide bonds. The van der Waals surface area contributed by atoms with Crippen LogP contribution in [0.4, 0.5) is 0 Å². The van der Waals surface area contributed by atoms with Crippen LogP contribution in [0.5, 0.6) is 5.75 Å². The van der Waals surface area contributed by atoms with Gasteiger partial charge in [-0.3, -0.25) is 0 Å². The Labute approximate surface area is 214 Å². The van der Waals surface area contributed by atoms with Crippen LogP contribution >= 0.6 is 46.6 Å². The van der Waals surface area contributed by atoms with Gasteiger partial charge in [-0.05, 0) is 78.0 Å². The molecule has 0 aliphatic rings. The number of aromatic nitrogens is 2. The molecule has 1 N–H and O–H groups in total. The van der Waals surface area contributed by atoms with Crippen LogP contribution in [-0.4, -0.2) is 21.3 Å². The van der Waals surface area contributed by atoms with E-state index in [1.165, 1.54) is 6.08 Å². The zero-order chi connectivity index (χ0) is 24.1. The number of halogens is 3. The van der Waals surface area contributed by atoms with Crippen molar-refractivity contribution in [2.24, 2.45) is 0 Å². The number of hydrogen-bond donors (Lipinski definition) is 1. The number of carboxylic acid groups (broad SMARTS) is 1. The van der Waals surface area contributed by atoms with Crippen LogP contribution in [-0.2, 0) is 11.4 Å². The highest BCUT2D eigenvalue weighted by Gasteiger charge is 2.17. The topological polar surface area (TPSA) is 85.5 Å². The standard InChI is InChI=1S/C24H15Cl3N2O4S/c25-17-6-4-15(5-7-17)22-28-29-24(33-22)34-21(23(30)31)12-16-11-19(27)8-9-20(16)32-13-14-2-1-3-18(26)10-14/h1-12H,13H2,(H,30,31)/b21-12-. The van der Waals surface area contributed by atoms with Gasteiger partial charge in [-0.25, -0.2) is 4.79 Å². The highest BCUT2D eigenvalue weighted by Crippen LogP contribution is 2.33. The lowest BCUT2D eigenvalue weighted by molar-refractivity contribution is -0.131. The Morgan fingerprint density at radius 1 is 0.971 bits per heavy atom. The molecule has 34 heavy (non-hydrogen) atoms. The zero-order valence-corrected chi connectivity index (χ0v) is 20.3. The second kappa shape index (κ2) is 11.0. The lowest BCUT2D eigenvalue weighted by atomic mass is 10.2. The minimum Gasteiger partial charge on any atom is -0.488 e. The van der Waals surface area contributed by atoms with Crippen LogP contribution in [0.3, 0.4) is 0 Å². The smallest absolute Gasteiger partial charge is 0.342 e. The molecule has 10 heteroatoms. The molecule has 0 atom stereocenters. The zero-order valence-electron chi connectivity index (χ0n) is 17.2. The van der Waals surface area contributed by atoms with E-state index >= 15 is 0 Å². The van der Waals surface area contributed by atoms with E-state index in [-0.39, 0.29) is 22.6 Å². The Morgan fingerprint density at radius 2 is 1.71 bits per heavy atom. The molecule has 4 aromatic rings. The van der Waals surface area contributed by atoms with Crippen molar-refractivity contribution >= 4 is 58.6 Å². The normalized spacial score (nSPS) is 11.4. The summed E-state index contributed by atoms with van der Waals surface area (Å²) in [4.78, 5) is 11.9. The fourth-order valence-corrected chi connectivity index (χ4v) is 4.06. The second-order valence-electron chi connectivity index (χ2n) is 6.90. The first-order valence-corrected chi connectivity index (χ1v) is 11.7. The van der Waals surface area contributed by atoms with Gasteiger partial charge in [0.15, 0.2) is 0 Å². The van der Waals surface area contributed by atoms with Crippen molar-refractivity contribution in [2.75, 3.05) is 0 Å². The first kappa shape index (κ1) is 24.2. The minimum absolute atomic E-state index is 0.0545. The van der Waals surface area contributed by atoms with Gasteiger partial charge in [0.05, 0.1) is 0 Å². The van der Waals surface area contributed by atoms with Gasteiger partial charge in [0, 0.05) is 26.2 Å². The van der Waals surface area contributed by atoms with Crippen LogP contribution in [0, 0.1) is 0 Å². The molecule has 0 fully saturated rings. The monoisotopic (exact) mass is 532 g/mol. The quantitative estimate of drug-likeness (QED) is 0.185. The summed E-state index contributed by atoms with van der Waals surface area (Å²) in [7, 11) is 0. The molecule has 0 radical (unpaired) electrons. The average molecular weight is 534 g/mol. The highest BCUT2D eigenvalue weighted by atomic mass is 35.5. The van der Waals surface area contributed by atoms with Gasteiger partial charge in [0.2, 0.25) is 5.89 Å². The van der Waals surface area contributed by atoms with Gasteiger partial charge >= 0.3 is 5.97 Å². The van der Waals surface area contributed by atoms with E-state index in [0.29, 0.717) is 31.9 Å². The van der Waals surface area contributed by atoms with Crippen molar-refractivity contribution in [1.82, 2.24) is 10.2 Å². The van der Waals surface area contributed by atoms with E-state index in [1.807, 2.05) is 12.1 Å². The number of aliphatic carboxylic acids is 1. The van der Waals surface area contributed by atoms with Gasteiger partial charge in [0.1, 0.15) is 17.3 Å². The molecule has 172 valence electrons. The SMILES string of the molecule is O=C(O)/C(=C/c1cc(Cl)ccc1OCc1cccc(Cl)c1)Sc1nnc(-c2ccc(Cl)cc2)o1. The Bertz CT molecular complexity index is 1360. The van der Waals surface area contributed by atoms with E-state index in [0.717, 1.165) is 17.3 Å². The molecule has 6 nitrogen and oxygen atoms in total. The fraction of sp³-hybridized carbons (Fsp3) is 0.0417. The van der Waals surface area contributed by atoms with Gasteiger partial charge in [-0.2, -0.15) is 0 Å². The van der Waals surface area contributed by atoms with E-state index < -0.39 is 5.97 Å². The number of carboxylic acids is 1. The summed E-state index contributed by atoms with van der Waals surface area (Å²) in [5.41, 5.74) is 2.01. The average Bonchev–Trinajstić information content (AvgIpc) is 3.27. The van der Waals surface area contributed by atoms with Crippen molar-refractivity contribution in [1.29, 1.82) is 0 Å². The van der Waals surface area contributed by atoms with Crippen LogP contribution in [0.2, 0.25) is 15.1 Å². The first-order valence-electron chi connectivity index (χ1n) is 9.76. The van der Waals surface area contributed by atoms with Crippen LogP contribution < -0.4 is 4.74 Å². The van der Waals surface area contributed by atoms with Crippen molar-refractivity contribution < 1.29 is 19.1 Å². The largest absolute Gasteiger partial charge is 0.488 e. The predicted octanol–water partition coefficient (Wildman–Crippen LogP) is 7.49. The van der Waals surface area contributed by atoms with Crippen molar-refractivity contribution in [2.45, 2.75) is 11.8 Å². The molecule has 1 aromatic heterocycles. The van der Waals surface area contributed by atoms with Gasteiger partial charge in [-0.1, -0.05) is 46.9 Å². The third-order valence-corrected chi connectivity index (χ3v) is 6.02. The maximum absolute atomic E-state index is 12.0. The molecular weight excluding hydrogens is 519 g/mol. The van der Waals surface area contributed by atoms with Gasteiger partial charge in [-0.15, -0.1) is 10.2 Å². The van der Waals surface area contributed by atoms with Crippen molar-refractivity contribution in [3.8, 4) is 17.2 Å². The molecule has 0 spiro atoms. The summed E-state index contributed by atoms with van der Waals surface area (Å²) in [5.74, 6) is -0.467. The molecule has 0 aliphatic heterocycles. The van der Waals surface area contributed by atoms with Crippen LogP contribution in [0.15, 0.2) is 81.3 Å². The third-order valence-electron chi connectivity index (χ3n) is 4.45. The molecule has 0 aliphatic carbocycles. The fourth-order valence-electron chi connectivity index (χ4n) is 2.88. The Morgan fingerprint density at radius 3 is 2.44 bits per heavy atom. The van der Waals surface area contributed by atoms with Crippen molar-refractivity contribution in [3.63, 3.8) is 0 Å². The van der Waals surface area contributed by atoms with E-state index in [2.05, 4.69) is 10.2 Å². The number of carbonyl (C=O) groups is 1. The third kappa shape index (κ3) is 6.33.